The van der Waals surface area contributed by atoms with Gasteiger partial charge in [0.25, 0.3) is 0 Å². The maximum Gasteiger partial charge on any atom is 0.508 e. The molecule has 0 radical (unpaired) electrons. The second-order valence-corrected chi connectivity index (χ2v) is 2.94. The third-order valence-corrected chi connectivity index (χ3v) is 1.82. The van der Waals surface area contributed by atoms with Gasteiger partial charge in [0.05, 0.1) is 0 Å². The van der Waals surface area contributed by atoms with Gasteiger partial charge in [-0.3, -0.25) is 4.79 Å². The summed E-state index contributed by atoms with van der Waals surface area (Å²) in [4.78, 5) is 20.6. The summed E-state index contributed by atoms with van der Waals surface area (Å²) >= 11 is 0. The van der Waals surface area contributed by atoms with Gasteiger partial charge in [-0.1, -0.05) is 0 Å². The molecule has 0 aromatic rings. The van der Waals surface area contributed by atoms with Crippen LogP contribution in [0.25, 0.3) is 0 Å². The molecule has 0 bridgehead atoms. The van der Waals surface area contributed by atoms with Crippen LogP contribution in [0.4, 0.5) is 4.79 Å². The Labute approximate surface area is 75.6 Å². The minimum atomic E-state index is -0.792. The Bertz CT molecular complexity index is 201. The molecule has 0 aliphatic carbocycles. The molecule has 0 spiro atoms. The number of ether oxygens (including phenoxy) is 2. The SMILES string of the molecule is O=C(O)CCCCC1COC(=O)O1. The first-order valence-corrected chi connectivity index (χ1v) is 4.23. The molecule has 0 saturated carbocycles. The van der Waals surface area contributed by atoms with E-state index in [0.29, 0.717) is 19.4 Å². The number of rotatable bonds is 5. The van der Waals surface area contributed by atoms with Crippen molar-refractivity contribution in [2.45, 2.75) is 31.8 Å². The first-order valence-electron chi connectivity index (χ1n) is 4.23. The fourth-order valence-corrected chi connectivity index (χ4v) is 1.16. The minimum Gasteiger partial charge on any atom is -0.481 e. The first kappa shape index (κ1) is 9.83. The maximum absolute atomic E-state index is 10.5. The van der Waals surface area contributed by atoms with Gasteiger partial charge in [-0.2, -0.15) is 0 Å². The van der Waals surface area contributed by atoms with Gasteiger partial charge in [0.15, 0.2) is 0 Å². The molecule has 1 aliphatic rings. The van der Waals surface area contributed by atoms with E-state index >= 15 is 0 Å². The highest BCUT2D eigenvalue weighted by Gasteiger charge is 2.23. The summed E-state index contributed by atoms with van der Waals surface area (Å²) < 4.78 is 9.33. The number of carbonyl (C=O) groups is 2. The fraction of sp³-hybridized carbons (Fsp3) is 0.750. The molecule has 0 aromatic carbocycles. The van der Waals surface area contributed by atoms with Crippen molar-refractivity contribution in [2.75, 3.05) is 6.61 Å². The normalized spacial score (nSPS) is 20.9. The van der Waals surface area contributed by atoms with Crippen LogP contribution in [0.1, 0.15) is 25.7 Å². The largest absolute Gasteiger partial charge is 0.508 e. The minimum absolute atomic E-state index is 0.168. The molecule has 13 heavy (non-hydrogen) atoms. The number of hydrogen-bond acceptors (Lipinski definition) is 4. The van der Waals surface area contributed by atoms with Gasteiger partial charge in [-0.25, -0.2) is 4.79 Å². The topological polar surface area (TPSA) is 72.8 Å². The molecule has 1 fully saturated rings. The zero-order chi connectivity index (χ0) is 9.68. The summed E-state index contributed by atoms with van der Waals surface area (Å²) in [6.07, 6.45) is 1.40. The summed E-state index contributed by atoms with van der Waals surface area (Å²) in [5, 5.41) is 8.34. The number of carbonyl (C=O) groups excluding carboxylic acids is 1. The second-order valence-electron chi connectivity index (χ2n) is 2.94. The van der Waals surface area contributed by atoms with E-state index < -0.39 is 12.1 Å². The van der Waals surface area contributed by atoms with Gasteiger partial charge in [-0.15, -0.1) is 0 Å². The van der Waals surface area contributed by atoms with Gasteiger partial charge in [-0.05, 0) is 19.3 Å². The Morgan fingerprint density at radius 2 is 2.31 bits per heavy atom. The average Bonchev–Trinajstić information content (AvgIpc) is 2.45. The van der Waals surface area contributed by atoms with E-state index in [1.165, 1.54) is 0 Å². The van der Waals surface area contributed by atoms with Gasteiger partial charge >= 0.3 is 12.1 Å². The highest BCUT2D eigenvalue weighted by atomic mass is 16.8. The highest BCUT2D eigenvalue weighted by molar-refractivity contribution is 5.66. The van der Waals surface area contributed by atoms with Crippen molar-refractivity contribution in [3.8, 4) is 0 Å². The average molecular weight is 188 g/mol. The van der Waals surface area contributed by atoms with E-state index in [2.05, 4.69) is 4.74 Å². The summed E-state index contributed by atoms with van der Waals surface area (Å²) in [5.41, 5.74) is 0. The zero-order valence-electron chi connectivity index (χ0n) is 7.19. The smallest absolute Gasteiger partial charge is 0.481 e. The van der Waals surface area contributed by atoms with Crippen molar-refractivity contribution >= 4 is 12.1 Å². The quantitative estimate of drug-likeness (QED) is 0.517. The summed E-state index contributed by atoms with van der Waals surface area (Å²) in [6.45, 7) is 0.298. The van der Waals surface area contributed by atoms with Crippen LogP contribution in [0.5, 0.6) is 0 Å². The molecule has 1 rings (SSSR count). The van der Waals surface area contributed by atoms with Crippen LogP contribution in [-0.4, -0.2) is 29.9 Å². The lowest BCUT2D eigenvalue weighted by Crippen LogP contribution is -2.09. The van der Waals surface area contributed by atoms with E-state index in [1.807, 2.05) is 0 Å². The maximum atomic E-state index is 10.5. The Morgan fingerprint density at radius 1 is 1.54 bits per heavy atom. The van der Waals surface area contributed by atoms with Crippen LogP contribution >= 0.6 is 0 Å². The standard InChI is InChI=1S/C8H12O5/c9-7(10)4-2-1-3-6-5-12-8(11)13-6/h6H,1-5H2,(H,9,10). The number of unbranched alkanes of at least 4 members (excludes halogenated alkanes) is 1. The number of carboxylic acids is 1. The molecule has 1 N–H and O–H groups in total. The molecule has 1 atom stereocenters. The van der Waals surface area contributed by atoms with Gasteiger partial charge in [0.2, 0.25) is 0 Å². The Hall–Kier alpha value is -1.26. The van der Waals surface area contributed by atoms with Crippen molar-refractivity contribution in [3.63, 3.8) is 0 Å². The fourth-order valence-electron chi connectivity index (χ4n) is 1.16. The summed E-state index contributed by atoms with van der Waals surface area (Å²) in [7, 11) is 0. The zero-order valence-corrected chi connectivity index (χ0v) is 7.19. The molecule has 1 heterocycles. The second kappa shape index (κ2) is 4.69. The van der Waals surface area contributed by atoms with Gasteiger partial charge in [0, 0.05) is 6.42 Å². The van der Waals surface area contributed by atoms with Crippen molar-refractivity contribution in [1.29, 1.82) is 0 Å². The number of carboxylic acid groups (broad SMARTS) is 1. The molecule has 0 amide bonds. The molecule has 5 nitrogen and oxygen atoms in total. The predicted molar refractivity (Wildman–Crippen MR) is 42.3 cm³/mol. The molecule has 1 unspecified atom stereocenters. The lowest BCUT2D eigenvalue weighted by Gasteiger charge is -2.03. The molecule has 5 heteroatoms. The van der Waals surface area contributed by atoms with E-state index in [1.54, 1.807) is 0 Å². The van der Waals surface area contributed by atoms with Crippen LogP contribution in [0, 0.1) is 0 Å². The third-order valence-electron chi connectivity index (χ3n) is 1.82. The Morgan fingerprint density at radius 3 is 2.85 bits per heavy atom. The van der Waals surface area contributed by atoms with E-state index in [-0.39, 0.29) is 12.5 Å². The molecule has 1 saturated heterocycles. The molecule has 0 aromatic heterocycles. The van der Waals surface area contributed by atoms with Crippen LogP contribution in [0.2, 0.25) is 0 Å². The van der Waals surface area contributed by atoms with Crippen molar-refractivity contribution in [1.82, 2.24) is 0 Å². The van der Waals surface area contributed by atoms with Crippen molar-refractivity contribution < 1.29 is 24.2 Å². The van der Waals surface area contributed by atoms with Crippen LogP contribution in [0.15, 0.2) is 0 Å². The van der Waals surface area contributed by atoms with Gasteiger partial charge in [0.1, 0.15) is 12.7 Å². The Kier molecular flexibility index (Phi) is 3.54. The molecular weight excluding hydrogens is 176 g/mol. The molecular formula is C8H12O5. The Balaban J connectivity index is 2.00. The van der Waals surface area contributed by atoms with E-state index in [9.17, 15) is 9.59 Å². The molecule has 1 aliphatic heterocycles. The first-order chi connectivity index (χ1) is 6.18. The summed E-state index contributed by atoms with van der Waals surface area (Å²) in [5.74, 6) is -0.792. The van der Waals surface area contributed by atoms with Crippen LogP contribution in [-0.2, 0) is 14.3 Å². The number of aliphatic carboxylic acids is 1. The van der Waals surface area contributed by atoms with Crippen molar-refractivity contribution in [3.05, 3.63) is 0 Å². The lowest BCUT2D eigenvalue weighted by molar-refractivity contribution is -0.137. The van der Waals surface area contributed by atoms with Crippen LogP contribution in [0.3, 0.4) is 0 Å². The van der Waals surface area contributed by atoms with E-state index in [4.69, 9.17) is 9.84 Å². The lowest BCUT2D eigenvalue weighted by atomic mass is 10.1. The predicted octanol–water partition coefficient (Wildman–Crippen LogP) is 1.17. The van der Waals surface area contributed by atoms with Gasteiger partial charge < -0.3 is 14.6 Å². The number of cyclic esters (lactones) is 2. The van der Waals surface area contributed by atoms with Crippen LogP contribution < -0.4 is 0 Å². The third kappa shape index (κ3) is 3.78. The molecule has 74 valence electrons. The monoisotopic (exact) mass is 188 g/mol. The van der Waals surface area contributed by atoms with Crippen molar-refractivity contribution in [2.24, 2.45) is 0 Å². The number of hydrogen-bond donors (Lipinski definition) is 1. The highest BCUT2D eigenvalue weighted by Crippen LogP contribution is 2.13. The summed E-state index contributed by atoms with van der Waals surface area (Å²) in [6, 6.07) is 0. The van der Waals surface area contributed by atoms with E-state index in [0.717, 1.165) is 6.42 Å².